The highest BCUT2D eigenvalue weighted by molar-refractivity contribution is 6.38. The number of carbonyl (C=O) groups excluding carboxylic acids is 3. The van der Waals surface area contributed by atoms with Gasteiger partial charge >= 0.3 is 6.03 Å². The molecule has 1 aromatic carbocycles. The van der Waals surface area contributed by atoms with E-state index in [2.05, 4.69) is 26.1 Å². The highest BCUT2D eigenvalue weighted by atomic mass is 16.2. The van der Waals surface area contributed by atoms with Gasteiger partial charge in [-0.1, -0.05) is 12.1 Å². The minimum Gasteiger partial charge on any atom is -0.354 e. The summed E-state index contributed by atoms with van der Waals surface area (Å²) in [6, 6.07) is 7.18. The van der Waals surface area contributed by atoms with E-state index >= 15 is 0 Å². The largest absolute Gasteiger partial charge is 0.354 e. The van der Waals surface area contributed by atoms with Crippen LogP contribution in [0.25, 0.3) is 0 Å². The topological polar surface area (TPSA) is 106 Å². The van der Waals surface area contributed by atoms with E-state index < -0.39 is 0 Å². The summed E-state index contributed by atoms with van der Waals surface area (Å²) in [6.45, 7) is 1.30. The first-order valence-corrected chi connectivity index (χ1v) is 9.27. The molecule has 9 nitrogen and oxygen atoms in total. The maximum Gasteiger partial charge on any atom is 0.324 e. The molecule has 152 valence electrons. The Labute approximate surface area is 165 Å². The molecule has 3 N–H and O–H groups in total. The lowest BCUT2D eigenvalue weighted by Crippen LogP contribution is -2.32. The number of rotatable bonds is 10. The Morgan fingerprint density at radius 1 is 1.25 bits per heavy atom. The van der Waals surface area contributed by atoms with Crippen molar-refractivity contribution < 1.29 is 14.4 Å². The lowest BCUT2D eigenvalue weighted by Gasteiger charge is -2.12. The normalized spacial score (nSPS) is 14.4. The average Bonchev–Trinajstić information content (AvgIpc) is 3.00. The second-order valence-corrected chi connectivity index (χ2v) is 6.81. The van der Waals surface area contributed by atoms with Crippen molar-refractivity contribution in [2.75, 3.05) is 46.2 Å². The number of hydrazone groups is 1. The van der Waals surface area contributed by atoms with Crippen LogP contribution in [-0.4, -0.2) is 74.1 Å². The smallest absolute Gasteiger partial charge is 0.324 e. The van der Waals surface area contributed by atoms with Crippen LogP contribution >= 0.6 is 0 Å². The number of imide groups is 1. The standard InChI is InChI=1S/C19H28N6O3/c1-20-18(27)16(5-4-11-24(2)3)23-22-15-8-6-14(7-9-15)10-12-25-17(26)13-21-19(25)28/h6-9,22H,4-5,10-13H2,1-3H3,(H,20,27)(H,21,28)/b23-16-. The fraction of sp³-hybridized carbons (Fsp3) is 0.474. The summed E-state index contributed by atoms with van der Waals surface area (Å²) < 4.78 is 0. The van der Waals surface area contributed by atoms with E-state index in [-0.39, 0.29) is 24.4 Å². The van der Waals surface area contributed by atoms with E-state index in [9.17, 15) is 14.4 Å². The zero-order chi connectivity index (χ0) is 20.5. The maximum absolute atomic E-state index is 12.0. The Hall–Kier alpha value is -2.94. The average molecular weight is 388 g/mol. The van der Waals surface area contributed by atoms with Crippen LogP contribution in [0.15, 0.2) is 29.4 Å². The Morgan fingerprint density at radius 2 is 1.96 bits per heavy atom. The van der Waals surface area contributed by atoms with Crippen molar-refractivity contribution in [2.45, 2.75) is 19.3 Å². The highest BCUT2D eigenvalue weighted by Gasteiger charge is 2.27. The van der Waals surface area contributed by atoms with Gasteiger partial charge in [-0.25, -0.2) is 4.79 Å². The quantitative estimate of drug-likeness (QED) is 0.310. The summed E-state index contributed by atoms with van der Waals surface area (Å²) in [5.74, 6) is -0.398. The van der Waals surface area contributed by atoms with E-state index in [0.29, 0.717) is 25.1 Å². The van der Waals surface area contributed by atoms with Crippen LogP contribution in [-0.2, 0) is 16.0 Å². The molecule has 9 heteroatoms. The van der Waals surface area contributed by atoms with E-state index in [1.54, 1.807) is 7.05 Å². The molecule has 1 heterocycles. The highest BCUT2D eigenvalue weighted by Crippen LogP contribution is 2.12. The molecule has 0 unspecified atom stereocenters. The van der Waals surface area contributed by atoms with E-state index in [1.165, 1.54) is 4.90 Å². The van der Waals surface area contributed by atoms with E-state index in [4.69, 9.17) is 0 Å². The number of hydrogen-bond donors (Lipinski definition) is 3. The molecule has 1 aliphatic heterocycles. The molecule has 1 aliphatic rings. The molecular formula is C19H28N6O3. The summed E-state index contributed by atoms with van der Waals surface area (Å²) in [7, 11) is 5.56. The second-order valence-electron chi connectivity index (χ2n) is 6.81. The number of urea groups is 1. The van der Waals surface area contributed by atoms with Gasteiger partial charge < -0.3 is 15.5 Å². The van der Waals surface area contributed by atoms with Gasteiger partial charge in [0.2, 0.25) is 5.91 Å². The van der Waals surface area contributed by atoms with Crippen LogP contribution in [0.2, 0.25) is 0 Å². The van der Waals surface area contributed by atoms with Gasteiger partial charge in [0.1, 0.15) is 5.71 Å². The van der Waals surface area contributed by atoms with Crippen LogP contribution in [0.1, 0.15) is 18.4 Å². The van der Waals surface area contributed by atoms with Crippen molar-refractivity contribution in [2.24, 2.45) is 5.10 Å². The van der Waals surface area contributed by atoms with Gasteiger partial charge in [-0.15, -0.1) is 0 Å². The minimum absolute atomic E-state index is 0.0713. The van der Waals surface area contributed by atoms with Gasteiger partial charge in [-0.2, -0.15) is 5.10 Å². The summed E-state index contributed by atoms with van der Waals surface area (Å²) in [4.78, 5) is 38.4. The maximum atomic E-state index is 12.0. The first-order valence-electron chi connectivity index (χ1n) is 9.27. The predicted molar refractivity (Wildman–Crippen MR) is 108 cm³/mol. The number of nitrogens with one attached hydrogen (secondary N) is 3. The number of carbonyl (C=O) groups is 3. The molecule has 28 heavy (non-hydrogen) atoms. The Morgan fingerprint density at radius 3 is 2.54 bits per heavy atom. The van der Waals surface area contributed by atoms with Gasteiger partial charge in [0.05, 0.1) is 12.2 Å². The summed E-state index contributed by atoms with van der Waals surface area (Å²) in [5.41, 5.74) is 5.13. The van der Waals surface area contributed by atoms with E-state index in [0.717, 1.165) is 24.2 Å². The Kier molecular flexibility index (Phi) is 7.94. The number of hydrogen-bond acceptors (Lipinski definition) is 6. The van der Waals surface area contributed by atoms with Gasteiger partial charge in [0, 0.05) is 13.6 Å². The van der Waals surface area contributed by atoms with Crippen molar-refractivity contribution >= 4 is 29.2 Å². The number of amides is 4. The fourth-order valence-electron chi connectivity index (χ4n) is 2.73. The van der Waals surface area contributed by atoms with Crippen molar-refractivity contribution in [3.8, 4) is 0 Å². The Balaban J connectivity index is 1.90. The second kappa shape index (κ2) is 10.4. The molecule has 0 aromatic heterocycles. The molecular weight excluding hydrogens is 360 g/mol. The lowest BCUT2D eigenvalue weighted by molar-refractivity contribution is -0.125. The first-order chi connectivity index (χ1) is 13.4. The number of nitrogens with zero attached hydrogens (tertiary/aromatic N) is 3. The molecule has 0 atom stereocenters. The lowest BCUT2D eigenvalue weighted by atomic mass is 10.1. The molecule has 0 radical (unpaired) electrons. The third-order valence-electron chi connectivity index (χ3n) is 4.34. The molecule has 0 spiro atoms. The third-order valence-corrected chi connectivity index (χ3v) is 4.34. The number of benzene rings is 1. The molecule has 0 bridgehead atoms. The molecule has 1 aromatic rings. The molecule has 0 saturated carbocycles. The Bertz CT molecular complexity index is 714. The SMILES string of the molecule is CNC(=O)/C(CCCN(C)C)=N\Nc1ccc(CCN2C(=O)CNC2=O)cc1. The minimum atomic E-state index is -0.339. The zero-order valence-electron chi connectivity index (χ0n) is 16.6. The van der Waals surface area contributed by atoms with Crippen LogP contribution in [0.4, 0.5) is 10.5 Å². The molecule has 0 aliphatic carbocycles. The number of anilines is 1. The monoisotopic (exact) mass is 388 g/mol. The molecule has 1 saturated heterocycles. The van der Waals surface area contributed by atoms with Crippen molar-refractivity contribution in [1.82, 2.24) is 20.4 Å². The van der Waals surface area contributed by atoms with E-state index in [1.807, 2.05) is 38.4 Å². The van der Waals surface area contributed by atoms with Gasteiger partial charge in [-0.05, 0) is 57.6 Å². The van der Waals surface area contributed by atoms with Crippen LogP contribution < -0.4 is 16.1 Å². The summed E-state index contributed by atoms with van der Waals surface area (Å²) >= 11 is 0. The summed E-state index contributed by atoms with van der Waals surface area (Å²) in [6.07, 6.45) is 1.99. The van der Waals surface area contributed by atoms with Crippen molar-refractivity contribution in [3.63, 3.8) is 0 Å². The van der Waals surface area contributed by atoms with Gasteiger partial charge in [0.15, 0.2) is 0 Å². The molecule has 2 rings (SSSR count). The predicted octanol–water partition coefficient (Wildman–Crippen LogP) is 0.637. The van der Waals surface area contributed by atoms with Crippen molar-refractivity contribution in [1.29, 1.82) is 0 Å². The van der Waals surface area contributed by atoms with Gasteiger partial charge in [0.25, 0.3) is 5.91 Å². The first kappa shape index (κ1) is 21.4. The third kappa shape index (κ3) is 6.34. The van der Waals surface area contributed by atoms with Crippen LogP contribution in [0.5, 0.6) is 0 Å². The molecule has 4 amide bonds. The van der Waals surface area contributed by atoms with Crippen LogP contribution in [0, 0.1) is 0 Å². The fourth-order valence-corrected chi connectivity index (χ4v) is 2.73. The zero-order valence-corrected chi connectivity index (χ0v) is 16.6. The van der Waals surface area contributed by atoms with Crippen LogP contribution in [0.3, 0.4) is 0 Å². The van der Waals surface area contributed by atoms with Crippen molar-refractivity contribution in [3.05, 3.63) is 29.8 Å². The summed E-state index contributed by atoms with van der Waals surface area (Å²) in [5, 5.41) is 9.37. The molecule has 1 fully saturated rings. The van der Waals surface area contributed by atoms with Gasteiger partial charge in [-0.3, -0.25) is 19.9 Å².